The van der Waals surface area contributed by atoms with Crippen molar-refractivity contribution in [3.05, 3.63) is 29.3 Å². The number of amidine groups is 1. The zero-order chi connectivity index (χ0) is 14.2. The molecule has 2 rings (SSSR count). The van der Waals surface area contributed by atoms with Gasteiger partial charge in [-0.15, -0.1) is 0 Å². The van der Waals surface area contributed by atoms with Crippen molar-refractivity contribution >= 4 is 21.4 Å². The lowest BCUT2D eigenvalue weighted by Crippen LogP contribution is -2.32. The largest absolute Gasteiger partial charge is 0.384 e. The van der Waals surface area contributed by atoms with Crippen molar-refractivity contribution in [3.8, 4) is 0 Å². The third-order valence-corrected chi connectivity index (χ3v) is 5.41. The highest BCUT2D eigenvalue weighted by Gasteiger charge is 2.30. The second-order valence-corrected chi connectivity index (χ2v) is 7.31. The van der Waals surface area contributed by atoms with Crippen molar-refractivity contribution in [1.29, 1.82) is 5.41 Å². The second kappa shape index (κ2) is 4.85. The summed E-state index contributed by atoms with van der Waals surface area (Å²) in [6, 6.07) is 5.68. The fourth-order valence-electron chi connectivity index (χ4n) is 2.46. The summed E-state index contributed by atoms with van der Waals surface area (Å²) >= 11 is 0. The quantitative estimate of drug-likeness (QED) is 0.636. The fourth-order valence-corrected chi connectivity index (χ4v) is 4.24. The number of nitrogen functional groups attached to an aromatic ring is 1. The van der Waals surface area contributed by atoms with Gasteiger partial charge in [-0.2, -0.15) is 0 Å². The summed E-state index contributed by atoms with van der Waals surface area (Å²) in [5, 5.41) is 7.46. The Hall–Kier alpha value is -1.56. The Balaban J connectivity index is 2.23. The van der Waals surface area contributed by atoms with E-state index < -0.39 is 9.84 Å². The van der Waals surface area contributed by atoms with Crippen molar-refractivity contribution < 1.29 is 8.42 Å². The average molecular weight is 281 g/mol. The lowest BCUT2D eigenvalue weighted by Gasteiger charge is -2.26. The number of nitrogens with one attached hydrogen (secondary N) is 1. The Morgan fingerprint density at radius 2 is 2.16 bits per heavy atom. The van der Waals surface area contributed by atoms with E-state index in [1.54, 1.807) is 0 Å². The molecule has 0 aliphatic carbocycles. The first-order valence-electron chi connectivity index (χ1n) is 6.18. The fraction of sp³-hybridized carbons (Fsp3) is 0.462. The second-order valence-electron chi connectivity index (χ2n) is 5.08. The molecule has 5 nitrogen and oxygen atoms in total. The lowest BCUT2D eigenvalue weighted by molar-refractivity contribution is 0.601. The van der Waals surface area contributed by atoms with E-state index in [1.807, 2.05) is 37.1 Å². The summed E-state index contributed by atoms with van der Waals surface area (Å²) in [7, 11) is -0.966. The maximum atomic E-state index is 11.5. The molecule has 0 aromatic heterocycles. The first kappa shape index (κ1) is 13.9. The van der Waals surface area contributed by atoms with Crippen LogP contribution in [0.5, 0.6) is 0 Å². The molecule has 0 bridgehead atoms. The van der Waals surface area contributed by atoms with Gasteiger partial charge in [0.15, 0.2) is 9.84 Å². The highest BCUT2D eigenvalue weighted by molar-refractivity contribution is 7.91. The average Bonchev–Trinajstić information content (AvgIpc) is 2.68. The number of anilines is 1. The molecule has 0 amide bonds. The van der Waals surface area contributed by atoms with Crippen LogP contribution in [0, 0.1) is 12.3 Å². The minimum absolute atomic E-state index is 0.0348. The number of sulfone groups is 1. The van der Waals surface area contributed by atoms with Gasteiger partial charge < -0.3 is 10.6 Å². The Morgan fingerprint density at radius 3 is 2.63 bits per heavy atom. The molecule has 1 fully saturated rings. The van der Waals surface area contributed by atoms with E-state index in [4.69, 9.17) is 11.1 Å². The van der Waals surface area contributed by atoms with Crippen LogP contribution in [-0.4, -0.2) is 38.8 Å². The topological polar surface area (TPSA) is 87.2 Å². The van der Waals surface area contributed by atoms with Crippen LogP contribution in [0.15, 0.2) is 18.2 Å². The molecule has 1 aromatic carbocycles. The molecule has 0 saturated carbocycles. The molecule has 1 unspecified atom stereocenters. The molecule has 1 aliphatic heterocycles. The SMILES string of the molecule is Cc1cc(N(C)C2CCS(=O)(=O)C2)ccc1C(=N)N. The Kier molecular flexibility index (Phi) is 3.54. The maximum absolute atomic E-state index is 11.5. The van der Waals surface area contributed by atoms with Crippen molar-refractivity contribution in [3.63, 3.8) is 0 Å². The van der Waals surface area contributed by atoms with Crippen LogP contribution in [0.25, 0.3) is 0 Å². The molecule has 104 valence electrons. The van der Waals surface area contributed by atoms with Gasteiger partial charge in [-0.1, -0.05) is 0 Å². The molecule has 0 spiro atoms. The zero-order valence-electron chi connectivity index (χ0n) is 11.2. The monoisotopic (exact) mass is 281 g/mol. The van der Waals surface area contributed by atoms with Gasteiger partial charge in [-0.25, -0.2) is 8.42 Å². The lowest BCUT2D eigenvalue weighted by atomic mass is 10.1. The van der Waals surface area contributed by atoms with Crippen LogP contribution >= 0.6 is 0 Å². The molecule has 1 aliphatic rings. The molecule has 1 aromatic rings. The van der Waals surface area contributed by atoms with Crippen molar-refractivity contribution in [1.82, 2.24) is 0 Å². The molecule has 0 radical (unpaired) electrons. The first-order valence-corrected chi connectivity index (χ1v) is 8.00. The number of nitrogens with zero attached hydrogens (tertiary/aromatic N) is 1. The summed E-state index contributed by atoms with van der Waals surface area (Å²) in [4.78, 5) is 2.00. The van der Waals surface area contributed by atoms with E-state index >= 15 is 0 Å². The first-order chi connectivity index (χ1) is 8.80. The number of aryl methyl sites for hydroxylation is 1. The molecule has 6 heteroatoms. The molecule has 1 atom stereocenters. The van der Waals surface area contributed by atoms with E-state index in [2.05, 4.69) is 0 Å². The molecule has 19 heavy (non-hydrogen) atoms. The molecular formula is C13H19N3O2S. The normalized spacial score (nSPS) is 21.3. The smallest absolute Gasteiger partial charge is 0.152 e. The van der Waals surface area contributed by atoms with Crippen LogP contribution in [0.3, 0.4) is 0 Å². The summed E-state index contributed by atoms with van der Waals surface area (Å²) in [6.07, 6.45) is 0.673. The van der Waals surface area contributed by atoms with Gasteiger partial charge in [0, 0.05) is 24.3 Å². The summed E-state index contributed by atoms with van der Waals surface area (Å²) in [6.45, 7) is 1.90. The number of nitrogens with two attached hydrogens (primary N) is 1. The van der Waals surface area contributed by atoms with Crippen LogP contribution in [0.2, 0.25) is 0 Å². The maximum Gasteiger partial charge on any atom is 0.152 e. The molecule has 1 heterocycles. The van der Waals surface area contributed by atoms with Gasteiger partial charge in [0.25, 0.3) is 0 Å². The number of benzene rings is 1. The Morgan fingerprint density at radius 1 is 1.47 bits per heavy atom. The van der Waals surface area contributed by atoms with Crippen molar-refractivity contribution in [2.45, 2.75) is 19.4 Å². The van der Waals surface area contributed by atoms with E-state index in [0.29, 0.717) is 6.42 Å². The zero-order valence-corrected chi connectivity index (χ0v) is 12.0. The predicted molar refractivity (Wildman–Crippen MR) is 77.7 cm³/mol. The molecular weight excluding hydrogens is 262 g/mol. The van der Waals surface area contributed by atoms with E-state index in [1.165, 1.54) is 0 Å². The number of hydrogen-bond donors (Lipinski definition) is 2. The van der Waals surface area contributed by atoms with Crippen LogP contribution in [-0.2, 0) is 9.84 Å². The van der Waals surface area contributed by atoms with Gasteiger partial charge in [-0.3, -0.25) is 5.41 Å². The summed E-state index contributed by atoms with van der Waals surface area (Å²) in [5.41, 5.74) is 8.10. The van der Waals surface area contributed by atoms with E-state index in [0.717, 1.165) is 16.8 Å². The van der Waals surface area contributed by atoms with Gasteiger partial charge in [-0.05, 0) is 37.1 Å². The Bertz CT molecular complexity index is 610. The summed E-state index contributed by atoms with van der Waals surface area (Å²) < 4.78 is 23.0. The Labute approximate surface area is 113 Å². The van der Waals surface area contributed by atoms with Gasteiger partial charge in [0.1, 0.15) is 5.84 Å². The highest BCUT2D eigenvalue weighted by atomic mass is 32.2. The predicted octanol–water partition coefficient (Wildman–Crippen LogP) is 0.902. The van der Waals surface area contributed by atoms with E-state index in [9.17, 15) is 8.42 Å². The van der Waals surface area contributed by atoms with Crippen molar-refractivity contribution in [2.75, 3.05) is 23.5 Å². The minimum atomic E-state index is -2.88. The number of rotatable bonds is 3. The van der Waals surface area contributed by atoms with E-state index in [-0.39, 0.29) is 23.4 Å². The van der Waals surface area contributed by atoms with Crippen LogP contribution < -0.4 is 10.6 Å². The van der Waals surface area contributed by atoms with Gasteiger partial charge in [0.05, 0.1) is 11.5 Å². The van der Waals surface area contributed by atoms with Gasteiger partial charge >= 0.3 is 0 Å². The number of hydrogen-bond acceptors (Lipinski definition) is 4. The van der Waals surface area contributed by atoms with Crippen molar-refractivity contribution in [2.24, 2.45) is 5.73 Å². The highest BCUT2D eigenvalue weighted by Crippen LogP contribution is 2.24. The molecule has 1 saturated heterocycles. The summed E-state index contributed by atoms with van der Waals surface area (Å²) in [5.74, 6) is 0.541. The van der Waals surface area contributed by atoms with Gasteiger partial charge in [0.2, 0.25) is 0 Å². The van der Waals surface area contributed by atoms with Crippen LogP contribution in [0.1, 0.15) is 17.5 Å². The third-order valence-electron chi connectivity index (χ3n) is 3.66. The molecule has 3 N–H and O–H groups in total. The third kappa shape index (κ3) is 2.89. The standard InChI is InChI=1S/C13H19N3O2S/c1-9-7-10(3-4-12(9)13(14)15)16(2)11-5-6-19(17,18)8-11/h3-4,7,11H,5-6,8H2,1-2H3,(H3,14,15). The van der Waals surface area contributed by atoms with Crippen LogP contribution in [0.4, 0.5) is 5.69 Å². The minimum Gasteiger partial charge on any atom is -0.384 e.